The number of rotatable bonds is 87. The van der Waals surface area contributed by atoms with Gasteiger partial charge < -0.3 is 34.2 Å². The first kappa shape index (κ1) is 113. The van der Waals surface area contributed by atoms with E-state index in [4.69, 9.17) is 32.3 Å². The largest absolute Gasteiger partial charge is 0.472 e. The predicted octanol–water partition coefficient (Wildman–Crippen LogP) is 29.0. The Kier molecular flexibility index (Phi) is 87.3. The number of esters is 3. The van der Waals surface area contributed by atoms with E-state index in [2.05, 4.69) is 215 Å². The standard InChI is InChI=1S/C101H168O16P2/c1-4-7-10-13-16-19-22-25-28-31-33-35-37-39-41-43-45-47-49-51-53-55-57-59-61-64-66-69-72-75-78-81-84-87-99(104)111-90-96(102)91-113-118(107,108)114-92-97(103)93-115-119(109,110)116-95-98(117-101(106)89-86-83-80-77-74-71-68-63-30-27-24-21-18-15-12-9-6-3)94-112-100(105)88-85-82-79-76-73-70-67-65-62-60-58-56-54-52-50-48-46-44-42-40-38-36-34-32-29-26-23-20-17-14-11-8-5-2/h7-12,16-21,25-30,33-36,39-42,45-48,68,71,96-98,102-103H,4-6,13-15,22-24,31-32,37-38,43-44,49-67,69-70,72-95H2,1-3H3,(H,107,108)(H,109,110)/b10-7-,11-8-,12-9-,19-16-,20-17-,21-18-,28-25-,29-26-,30-27-,35-33-,36-34-,41-39-,42-40-,47-45-,48-46-,71-68-. The van der Waals surface area contributed by atoms with Gasteiger partial charge in [-0.25, -0.2) is 9.13 Å². The molecule has 0 radical (unpaired) electrons. The lowest BCUT2D eigenvalue weighted by atomic mass is 10.0. The molecule has 0 aromatic carbocycles. The molecule has 18 heteroatoms. The summed E-state index contributed by atoms with van der Waals surface area (Å²) in [4.78, 5) is 59.0. The molecule has 0 aromatic rings. The number of phosphoric acid groups is 2. The molecule has 0 amide bonds. The molecule has 0 fully saturated rings. The van der Waals surface area contributed by atoms with Crippen LogP contribution in [-0.2, 0) is 55.8 Å². The zero-order valence-electron chi connectivity index (χ0n) is 74.7. The molecular weight excluding hydrogens is 1530 g/mol. The minimum absolute atomic E-state index is 0.0720. The number of ether oxygens (including phenoxy) is 3. The molecule has 0 aliphatic carbocycles. The predicted molar refractivity (Wildman–Crippen MR) is 500 cm³/mol. The van der Waals surface area contributed by atoms with E-state index in [1.165, 1.54) is 122 Å². The second-order valence-corrected chi connectivity index (χ2v) is 33.6. The fraction of sp³-hybridized carbons (Fsp3) is 0.653. The molecule has 119 heavy (non-hydrogen) atoms. The summed E-state index contributed by atoms with van der Waals surface area (Å²) in [7, 11) is -9.82. The van der Waals surface area contributed by atoms with Gasteiger partial charge in [-0.15, -0.1) is 0 Å². The summed E-state index contributed by atoms with van der Waals surface area (Å²) < 4.78 is 61.4. The Balaban J connectivity index is 4.52. The smallest absolute Gasteiger partial charge is 0.463 e. The summed E-state index contributed by atoms with van der Waals surface area (Å²) in [6.45, 7) is 2.34. The average molecular weight is 1700 g/mol. The van der Waals surface area contributed by atoms with E-state index in [1.54, 1.807) is 0 Å². The van der Waals surface area contributed by atoms with Crippen LogP contribution in [0.3, 0.4) is 0 Å². The van der Waals surface area contributed by atoms with E-state index < -0.39 is 91.5 Å². The van der Waals surface area contributed by atoms with Crippen LogP contribution in [-0.4, -0.2) is 95.9 Å². The number of carbonyl (C=O) groups is 3. The van der Waals surface area contributed by atoms with Crippen molar-refractivity contribution in [3.63, 3.8) is 0 Å². The van der Waals surface area contributed by atoms with E-state index in [1.807, 2.05) is 0 Å². The fourth-order valence-electron chi connectivity index (χ4n) is 12.3. The van der Waals surface area contributed by atoms with Crippen LogP contribution in [0.1, 0.15) is 367 Å². The Morgan fingerprint density at radius 1 is 0.235 bits per heavy atom. The summed E-state index contributed by atoms with van der Waals surface area (Å²) in [5.41, 5.74) is 0. The molecule has 678 valence electrons. The third-order valence-electron chi connectivity index (χ3n) is 19.3. The van der Waals surface area contributed by atoms with E-state index in [0.717, 1.165) is 186 Å². The molecule has 0 rings (SSSR count). The first-order valence-electron chi connectivity index (χ1n) is 46.7. The van der Waals surface area contributed by atoms with Gasteiger partial charge in [-0.05, 0) is 161 Å². The van der Waals surface area contributed by atoms with Gasteiger partial charge in [0.25, 0.3) is 0 Å². The van der Waals surface area contributed by atoms with Gasteiger partial charge in [0.1, 0.15) is 25.4 Å². The molecule has 0 saturated heterocycles. The minimum atomic E-state index is -4.95. The highest BCUT2D eigenvalue weighted by atomic mass is 31.2. The monoisotopic (exact) mass is 1700 g/mol. The number of carbonyl (C=O) groups excluding carboxylic acids is 3. The van der Waals surface area contributed by atoms with Crippen molar-refractivity contribution in [3.8, 4) is 0 Å². The lowest BCUT2D eigenvalue weighted by Crippen LogP contribution is -2.30. The van der Waals surface area contributed by atoms with Crippen molar-refractivity contribution in [2.24, 2.45) is 0 Å². The van der Waals surface area contributed by atoms with Crippen LogP contribution in [0, 0.1) is 0 Å². The van der Waals surface area contributed by atoms with Gasteiger partial charge in [0.2, 0.25) is 0 Å². The van der Waals surface area contributed by atoms with Crippen LogP contribution < -0.4 is 0 Å². The van der Waals surface area contributed by atoms with E-state index in [9.17, 15) is 43.5 Å². The van der Waals surface area contributed by atoms with Crippen molar-refractivity contribution >= 4 is 33.6 Å². The third-order valence-corrected chi connectivity index (χ3v) is 21.2. The number of phosphoric ester groups is 2. The van der Waals surface area contributed by atoms with Crippen LogP contribution in [0.15, 0.2) is 194 Å². The van der Waals surface area contributed by atoms with Crippen LogP contribution in [0.5, 0.6) is 0 Å². The number of aliphatic hydroxyl groups is 2. The Morgan fingerprint density at radius 3 is 0.664 bits per heavy atom. The highest BCUT2D eigenvalue weighted by Gasteiger charge is 2.29. The van der Waals surface area contributed by atoms with Gasteiger partial charge in [-0.2, -0.15) is 0 Å². The molecule has 0 saturated carbocycles. The van der Waals surface area contributed by atoms with Gasteiger partial charge in [-0.1, -0.05) is 382 Å². The summed E-state index contributed by atoms with van der Waals surface area (Å²) in [5, 5.41) is 20.7. The van der Waals surface area contributed by atoms with Crippen molar-refractivity contribution in [1.82, 2.24) is 0 Å². The quantitative estimate of drug-likeness (QED) is 0.0146. The molecule has 0 bridgehead atoms. The zero-order chi connectivity index (χ0) is 86.5. The van der Waals surface area contributed by atoms with Crippen LogP contribution >= 0.6 is 15.6 Å². The maximum atomic E-state index is 13.0. The molecule has 0 aliphatic rings. The number of aliphatic hydroxyl groups excluding tert-OH is 2. The molecule has 5 atom stereocenters. The highest BCUT2D eigenvalue weighted by Crippen LogP contribution is 2.45. The number of hydrogen-bond acceptors (Lipinski definition) is 14. The van der Waals surface area contributed by atoms with Crippen molar-refractivity contribution in [2.75, 3.05) is 39.6 Å². The molecule has 0 spiro atoms. The third kappa shape index (κ3) is 92.9. The Labute approximate surface area is 725 Å². The summed E-state index contributed by atoms with van der Waals surface area (Å²) in [6, 6.07) is 0. The van der Waals surface area contributed by atoms with Gasteiger partial charge in [0.15, 0.2) is 6.10 Å². The number of unbranched alkanes of at least 4 members (excludes halogenated alkanes) is 32. The van der Waals surface area contributed by atoms with E-state index in [-0.39, 0.29) is 19.3 Å². The second-order valence-electron chi connectivity index (χ2n) is 30.7. The fourth-order valence-corrected chi connectivity index (χ4v) is 13.9. The van der Waals surface area contributed by atoms with Crippen LogP contribution in [0.25, 0.3) is 0 Å². The maximum Gasteiger partial charge on any atom is 0.472 e. The molecule has 16 nitrogen and oxygen atoms in total. The van der Waals surface area contributed by atoms with Gasteiger partial charge in [0, 0.05) is 19.3 Å². The van der Waals surface area contributed by atoms with Crippen molar-refractivity contribution in [1.29, 1.82) is 0 Å². The topological polar surface area (TPSA) is 231 Å². The summed E-state index contributed by atoms with van der Waals surface area (Å²) in [5.74, 6) is -1.60. The molecule has 0 aliphatic heterocycles. The SMILES string of the molecule is CC/C=C\C/C=C\C/C=C\C/C=C\C/C=C\C/C=C\CCCCCCCCCCCCCCCCC(=O)OCC(O)COP(=O)(O)OCC(O)COP(=O)(O)OCC(COC(=O)CCCCCCCCCCCCCCCC/C=C\C/C=C\C/C=C\C/C=C\C/C=C\C/C=C\CC)OC(=O)CCCCCC/C=C\C/C=C\C/C=C\C/C=C\CC. The summed E-state index contributed by atoms with van der Waals surface area (Å²) >= 11 is 0. The Morgan fingerprint density at radius 2 is 0.420 bits per heavy atom. The first-order valence-corrected chi connectivity index (χ1v) is 49.7. The molecular formula is C101H168O16P2. The number of allylic oxidation sites excluding steroid dienone is 32. The minimum Gasteiger partial charge on any atom is -0.463 e. The lowest BCUT2D eigenvalue weighted by molar-refractivity contribution is -0.161. The zero-order valence-corrected chi connectivity index (χ0v) is 76.5. The molecule has 4 N–H and O–H groups in total. The first-order chi connectivity index (χ1) is 58.2. The van der Waals surface area contributed by atoms with E-state index in [0.29, 0.717) is 19.3 Å². The Bertz CT molecular complexity index is 2940. The van der Waals surface area contributed by atoms with Gasteiger partial charge in [0.05, 0.1) is 26.4 Å². The molecule has 5 unspecified atom stereocenters. The van der Waals surface area contributed by atoms with Crippen molar-refractivity contribution < 1.29 is 75.8 Å². The van der Waals surface area contributed by atoms with Crippen molar-refractivity contribution in [2.45, 2.75) is 386 Å². The van der Waals surface area contributed by atoms with E-state index >= 15 is 0 Å². The Hall–Kier alpha value is -5.61. The molecule has 0 aromatic heterocycles. The average Bonchev–Trinajstić information content (AvgIpc) is 0.899. The second kappa shape index (κ2) is 91.6. The van der Waals surface area contributed by atoms with Crippen LogP contribution in [0.2, 0.25) is 0 Å². The number of hydrogen-bond donors (Lipinski definition) is 4. The normalized spacial score (nSPS) is 14.6. The highest BCUT2D eigenvalue weighted by molar-refractivity contribution is 7.47. The maximum absolute atomic E-state index is 13.0. The summed E-state index contributed by atoms with van der Waals surface area (Å²) in [6.07, 6.45) is 122. The van der Waals surface area contributed by atoms with Crippen LogP contribution in [0.4, 0.5) is 0 Å². The van der Waals surface area contributed by atoms with Gasteiger partial charge in [-0.3, -0.25) is 32.5 Å². The lowest BCUT2D eigenvalue weighted by Gasteiger charge is -2.21. The van der Waals surface area contributed by atoms with Gasteiger partial charge >= 0.3 is 33.6 Å². The molecule has 0 heterocycles. The van der Waals surface area contributed by atoms with Crippen molar-refractivity contribution in [3.05, 3.63) is 194 Å².